The Hall–Kier alpha value is -1.71. The van der Waals surface area contributed by atoms with Gasteiger partial charge in [0, 0.05) is 24.4 Å². The third kappa shape index (κ3) is 2.03. The molecule has 0 unspecified atom stereocenters. The fourth-order valence-corrected chi connectivity index (χ4v) is 2.45. The predicted octanol–water partition coefficient (Wildman–Crippen LogP) is 2.48. The molecule has 1 aliphatic carbocycles. The van der Waals surface area contributed by atoms with Gasteiger partial charge in [0.2, 0.25) is 0 Å². The van der Waals surface area contributed by atoms with Crippen molar-refractivity contribution < 1.29 is 10.2 Å². The topological polar surface area (TPSA) is 53.4 Å². The summed E-state index contributed by atoms with van der Waals surface area (Å²) in [4.78, 5) is 4.34. The van der Waals surface area contributed by atoms with Crippen molar-refractivity contribution in [2.45, 2.75) is 25.0 Å². The molecule has 0 saturated carbocycles. The van der Waals surface area contributed by atoms with Crippen molar-refractivity contribution in [2.75, 3.05) is 0 Å². The lowest BCUT2D eigenvalue weighted by molar-refractivity contribution is -0.163. The molecule has 0 fully saturated rings. The molecule has 0 radical (unpaired) electrons. The Morgan fingerprint density at radius 2 is 1.94 bits per heavy atom. The van der Waals surface area contributed by atoms with Crippen molar-refractivity contribution in [1.29, 1.82) is 0 Å². The Kier molecular flexibility index (Phi) is 2.65. The van der Waals surface area contributed by atoms with Crippen molar-refractivity contribution in [3.05, 3.63) is 48.2 Å². The van der Waals surface area contributed by atoms with E-state index in [9.17, 15) is 10.2 Å². The lowest BCUT2D eigenvalue weighted by Gasteiger charge is -2.26. The Balaban J connectivity index is 2.08. The molecule has 0 amide bonds. The van der Waals surface area contributed by atoms with Gasteiger partial charge in [-0.2, -0.15) is 0 Å². The molecule has 92 valence electrons. The molecule has 1 heterocycles. The number of fused-ring (bicyclic) bond motifs is 1. The molecule has 0 bridgehead atoms. The van der Waals surface area contributed by atoms with Gasteiger partial charge in [0.05, 0.1) is 5.52 Å². The molecule has 3 rings (SSSR count). The van der Waals surface area contributed by atoms with Gasteiger partial charge in [-0.1, -0.05) is 24.3 Å². The third-order valence-electron chi connectivity index (χ3n) is 3.47. The summed E-state index contributed by atoms with van der Waals surface area (Å²) >= 11 is 0. The summed E-state index contributed by atoms with van der Waals surface area (Å²) in [6.07, 6.45) is 5.08. The molecule has 0 aliphatic heterocycles. The van der Waals surface area contributed by atoms with E-state index in [1.807, 2.05) is 30.3 Å². The lowest BCUT2D eigenvalue weighted by Crippen LogP contribution is -2.29. The number of aromatic nitrogens is 1. The van der Waals surface area contributed by atoms with E-state index in [2.05, 4.69) is 11.1 Å². The van der Waals surface area contributed by atoms with Gasteiger partial charge in [-0.3, -0.25) is 4.98 Å². The van der Waals surface area contributed by atoms with Crippen LogP contribution in [0.15, 0.2) is 42.6 Å². The van der Waals surface area contributed by atoms with E-state index in [-0.39, 0.29) is 0 Å². The fourth-order valence-electron chi connectivity index (χ4n) is 2.45. The lowest BCUT2D eigenvalue weighted by atomic mass is 9.89. The van der Waals surface area contributed by atoms with E-state index in [0.29, 0.717) is 19.3 Å². The number of hydrogen-bond donors (Lipinski definition) is 2. The zero-order valence-corrected chi connectivity index (χ0v) is 10.0. The van der Waals surface area contributed by atoms with E-state index >= 15 is 0 Å². The molecule has 18 heavy (non-hydrogen) atoms. The average molecular weight is 241 g/mol. The highest BCUT2D eigenvalue weighted by molar-refractivity contribution is 5.91. The number of aliphatic hydroxyl groups is 2. The normalized spacial score (nSPS) is 18.7. The molecule has 1 aliphatic rings. The minimum atomic E-state index is -1.54. The van der Waals surface area contributed by atoms with Crippen LogP contribution < -0.4 is 0 Å². The smallest absolute Gasteiger partial charge is 0.166 e. The SMILES string of the molecule is OC1(O)CC=C(c2ccnc3ccccc23)CC1. The molecule has 0 spiro atoms. The van der Waals surface area contributed by atoms with Crippen molar-refractivity contribution in [3.8, 4) is 0 Å². The van der Waals surface area contributed by atoms with Gasteiger partial charge in [0.1, 0.15) is 0 Å². The van der Waals surface area contributed by atoms with E-state index in [4.69, 9.17) is 0 Å². The second-order valence-corrected chi connectivity index (χ2v) is 4.79. The van der Waals surface area contributed by atoms with Crippen molar-refractivity contribution >= 4 is 16.5 Å². The second-order valence-electron chi connectivity index (χ2n) is 4.79. The number of benzene rings is 1. The predicted molar refractivity (Wildman–Crippen MR) is 70.7 cm³/mol. The van der Waals surface area contributed by atoms with Gasteiger partial charge in [0.25, 0.3) is 0 Å². The van der Waals surface area contributed by atoms with E-state index in [1.165, 1.54) is 5.57 Å². The Bertz CT molecular complexity index is 611. The molecule has 0 atom stereocenters. The zero-order valence-electron chi connectivity index (χ0n) is 10.0. The van der Waals surface area contributed by atoms with Gasteiger partial charge < -0.3 is 10.2 Å². The van der Waals surface area contributed by atoms with Gasteiger partial charge in [-0.25, -0.2) is 0 Å². The maximum absolute atomic E-state index is 9.55. The van der Waals surface area contributed by atoms with Gasteiger partial charge in [0.15, 0.2) is 5.79 Å². The summed E-state index contributed by atoms with van der Waals surface area (Å²) in [5.74, 6) is -1.54. The monoisotopic (exact) mass is 241 g/mol. The minimum Gasteiger partial charge on any atom is -0.365 e. The first kappa shape index (κ1) is 11.4. The van der Waals surface area contributed by atoms with Crippen LogP contribution in [0.5, 0.6) is 0 Å². The van der Waals surface area contributed by atoms with E-state index in [1.54, 1.807) is 6.20 Å². The van der Waals surface area contributed by atoms with Crippen LogP contribution >= 0.6 is 0 Å². The standard InChI is InChI=1S/C15H15NO2/c17-15(18)8-5-11(6-9-15)12-7-10-16-14-4-2-1-3-13(12)14/h1-5,7,10,17-18H,6,8-9H2. The van der Waals surface area contributed by atoms with Crippen LogP contribution in [-0.4, -0.2) is 21.0 Å². The van der Waals surface area contributed by atoms with Crippen LogP contribution in [0.3, 0.4) is 0 Å². The number of pyridine rings is 1. The maximum Gasteiger partial charge on any atom is 0.166 e. The number of para-hydroxylation sites is 1. The number of hydrogen-bond acceptors (Lipinski definition) is 3. The summed E-state index contributed by atoms with van der Waals surface area (Å²) in [7, 11) is 0. The van der Waals surface area contributed by atoms with Crippen molar-refractivity contribution in [3.63, 3.8) is 0 Å². The summed E-state index contributed by atoms with van der Waals surface area (Å²) in [5.41, 5.74) is 3.30. The highest BCUT2D eigenvalue weighted by atomic mass is 16.5. The average Bonchev–Trinajstić information content (AvgIpc) is 2.38. The molecule has 1 aromatic carbocycles. The van der Waals surface area contributed by atoms with Gasteiger partial charge >= 0.3 is 0 Å². The first-order chi connectivity index (χ1) is 8.66. The zero-order chi connectivity index (χ0) is 12.6. The number of nitrogens with zero attached hydrogens (tertiary/aromatic N) is 1. The van der Waals surface area contributed by atoms with E-state index < -0.39 is 5.79 Å². The molecule has 1 aromatic heterocycles. The Morgan fingerprint density at radius 3 is 2.72 bits per heavy atom. The molecule has 0 saturated heterocycles. The first-order valence-corrected chi connectivity index (χ1v) is 6.14. The van der Waals surface area contributed by atoms with Crippen LogP contribution in [0.2, 0.25) is 0 Å². The second kappa shape index (κ2) is 4.19. The number of rotatable bonds is 1. The first-order valence-electron chi connectivity index (χ1n) is 6.14. The highest BCUT2D eigenvalue weighted by Gasteiger charge is 2.26. The van der Waals surface area contributed by atoms with Crippen LogP contribution in [0.4, 0.5) is 0 Å². The van der Waals surface area contributed by atoms with Gasteiger partial charge in [-0.15, -0.1) is 0 Å². The summed E-state index contributed by atoms with van der Waals surface area (Å²) in [5, 5.41) is 20.2. The summed E-state index contributed by atoms with van der Waals surface area (Å²) in [6, 6.07) is 10.0. The maximum atomic E-state index is 9.55. The Morgan fingerprint density at radius 1 is 1.11 bits per heavy atom. The van der Waals surface area contributed by atoms with Crippen LogP contribution in [-0.2, 0) is 0 Å². The molecule has 2 N–H and O–H groups in total. The van der Waals surface area contributed by atoms with Crippen LogP contribution in [0, 0.1) is 0 Å². The molecule has 3 nitrogen and oxygen atoms in total. The van der Waals surface area contributed by atoms with E-state index in [0.717, 1.165) is 16.5 Å². The van der Waals surface area contributed by atoms with Crippen LogP contribution in [0.1, 0.15) is 24.8 Å². The third-order valence-corrected chi connectivity index (χ3v) is 3.47. The van der Waals surface area contributed by atoms with Crippen LogP contribution in [0.25, 0.3) is 16.5 Å². The number of allylic oxidation sites excluding steroid dienone is 1. The minimum absolute atomic E-state index is 0.291. The largest absolute Gasteiger partial charge is 0.365 e. The summed E-state index contributed by atoms with van der Waals surface area (Å²) in [6.45, 7) is 0. The van der Waals surface area contributed by atoms with Crippen molar-refractivity contribution in [2.24, 2.45) is 0 Å². The van der Waals surface area contributed by atoms with Crippen molar-refractivity contribution in [1.82, 2.24) is 4.98 Å². The fraction of sp³-hybridized carbons (Fsp3) is 0.267. The van der Waals surface area contributed by atoms with Gasteiger partial charge in [-0.05, 0) is 29.7 Å². The summed E-state index contributed by atoms with van der Waals surface area (Å²) < 4.78 is 0. The highest BCUT2D eigenvalue weighted by Crippen LogP contribution is 2.33. The Labute approximate surface area is 105 Å². The molecular weight excluding hydrogens is 226 g/mol. The molecule has 3 heteroatoms. The molecular formula is C15H15NO2. The molecule has 2 aromatic rings. The quantitative estimate of drug-likeness (QED) is 0.754.